The quantitative estimate of drug-likeness (QED) is 0.504. The normalized spacial score (nSPS) is 23.0. The Kier molecular flexibility index (Phi) is 8.27. The largest absolute Gasteiger partial charge is 1.00 e. The molecule has 1 saturated heterocycles. The maximum Gasteiger partial charge on any atom is 1.00 e. The van der Waals surface area contributed by atoms with Crippen LogP contribution in [0.25, 0.3) is 5.40 Å². The van der Waals surface area contributed by atoms with Crippen LogP contribution in [0.15, 0.2) is 0 Å². The first-order valence-electron chi connectivity index (χ1n) is 4.21. The molecule has 1 fully saturated rings. The summed E-state index contributed by atoms with van der Waals surface area (Å²) in [6.45, 7) is 0. The van der Waals surface area contributed by atoms with E-state index < -0.39 is 15.1 Å². The van der Waals surface area contributed by atoms with Crippen LogP contribution in [0, 0.1) is 0 Å². The summed E-state index contributed by atoms with van der Waals surface area (Å²) in [6, 6.07) is 2.65. The maximum atomic E-state index is 7.79. The summed E-state index contributed by atoms with van der Waals surface area (Å²) in [5, 5.41) is 7.79. The SMILES string of the molecule is [K+].[NH-][Si]([Si])[Si]1([Si])CCCCCC1. The first kappa shape index (κ1) is 14.5. The molecule has 1 N–H and O–H groups in total. The summed E-state index contributed by atoms with van der Waals surface area (Å²) in [6.07, 6.45) is 5.49. The van der Waals surface area contributed by atoms with Gasteiger partial charge in [-0.1, -0.05) is 37.8 Å². The molecule has 0 aliphatic carbocycles. The second-order valence-electron chi connectivity index (χ2n) is 3.37. The molecule has 0 unspecified atom stereocenters. The second kappa shape index (κ2) is 6.86. The van der Waals surface area contributed by atoms with Gasteiger partial charge in [-0.05, 0) is 9.76 Å². The molecule has 12 heavy (non-hydrogen) atoms. The Hall–Kier alpha value is 2.46. The van der Waals surface area contributed by atoms with E-state index in [1.807, 2.05) is 0 Å². The molecular formula is C6H13KNSi4. The molecule has 1 rings (SSSR count). The second-order valence-corrected chi connectivity index (χ2v) is 19.0. The number of rotatable bonds is 1. The third kappa shape index (κ3) is 4.32. The Morgan fingerprint density at radius 3 is 1.83 bits per heavy atom. The van der Waals surface area contributed by atoms with E-state index in [0.717, 1.165) is 0 Å². The Bertz CT molecular complexity index is 125. The molecule has 0 amide bonds. The molecule has 0 bridgehead atoms. The Morgan fingerprint density at radius 1 is 1.08 bits per heavy atom. The van der Waals surface area contributed by atoms with Gasteiger partial charge in [0, 0.05) is 16.9 Å². The van der Waals surface area contributed by atoms with Crippen LogP contribution >= 0.6 is 0 Å². The minimum atomic E-state index is -1.28. The zero-order chi connectivity index (χ0) is 8.32. The van der Waals surface area contributed by atoms with Gasteiger partial charge in [0.1, 0.15) is 0 Å². The summed E-state index contributed by atoms with van der Waals surface area (Å²) in [7, 11) is 5.24. The first-order chi connectivity index (χ1) is 5.15. The van der Waals surface area contributed by atoms with E-state index in [4.69, 9.17) is 5.40 Å². The molecular weight excluding hydrogens is 238 g/mol. The van der Waals surface area contributed by atoms with Gasteiger partial charge in [0.2, 0.25) is 0 Å². The first-order valence-corrected chi connectivity index (χ1v) is 12.1. The Morgan fingerprint density at radius 2 is 1.50 bits per heavy atom. The average Bonchev–Trinajstić information content (AvgIpc) is 2.15. The monoisotopic (exact) mass is 250 g/mol. The van der Waals surface area contributed by atoms with Crippen molar-refractivity contribution < 1.29 is 51.4 Å². The van der Waals surface area contributed by atoms with Crippen molar-refractivity contribution in [3.63, 3.8) is 0 Å². The molecule has 1 heterocycles. The van der Waals surface area contributed by atoms with Crippen molar-refractivity contribution in [2.75, 3.05) is 0 Å². The van der Waals surface area contributed by atoms with E-state index in [9.17, 15) is 0 Å². The molecule has 0 aromatic heterocycles. The topological polar surface area (TPSA) is 23.8 Å². The van der Waals surface area contributed by atoms with E-state index in [0.29, 0.717) is 0 Å². The van der Waals surface area contributed by atoms with Crippen molar-refractivity contribution >= 4 is 34.6 Å². The third-order valence-corrected chi connectivity index (χ3v) is 20.5. The van der Waals surface area contributed by atoms with Crippen molar-refractivity contribution in [2.24, 2.45) is 0 Å². The fourth-order valence-electron chi connectivity index (χ4n) is 1.58. The predicted molar refractivity (Wildman–Crippen MR) is 55.4 cm³/mol. The van der Waals surface area contributed by atoms with Crippen LogP contribution < -0.4 is 51.4 Å². The minimum Gasteiger partial charge on any atom is -0.687 e. The van der Waals surface area contributed by atoms with E-state index in [1.165, 1.54) is 37.8 Å². The van der Waals surface area contributed by atoms with Crippen LogP contribution in [0.5, 0.6) is 0 Å². The third-order valence-electron chi connectivity index (χ3n) is 2.44. The summed E-state index contributed by atoms with van der Waals surface area (Å²) in [5.74, 6) is 0. The summed E-state index contributed by atoms with van der Waals surface area (Å²) < 4.78 is 0. The smallest absolute Gasteiger partial charge is 0.687 e. The zero-order valence-corrected chi connectivity index (χ0v) is 14.9. The van der Waals surface area contributed by atoms with Crippen LogP contribution in [0.4, 0.5) is 0 Å². The molecule has 0 aromatic carbocycles. The van der Waals surface area contributed by atoms with Gasteiger partial charge >= 0.3 is 51.4 Å². The van der Waals surface area contributed by atoms with Crippen molar-refractivity contribution in [1.29, 1.82) is 0 Å². The molecule has 1 aliphatic rings. The van der Waals surface area contributed by atoms with Crippen molar-refractivity contribution in [3.8, 4) is 0 Å². The van der Waals surface area contributed by atoms with Gasteiger partial charge in [0.25, 0.3) is 0 Å². The van der Waals surface area contributed by atoms with Gasteiger partial charge in [-0.15, -0.1) is 7.99 Å². The van der Waals surface area contributed by atoms with Crippen LogP contribution in [0.2, 0.25) is 12.1 Å². The Balaban J connectivity index is 0.00000121. The summed E-state index contributed by atoms with van der Waals surface area (Å²) in [5.41, 5.74) is 0. The zero-order valence-electron chi connectivity index (χ0n) is 7.74. The molecule has 7 radical (unpaired) electrons. The van der Waals surface area contributed by atoms with Gasteiger partial charge in [-0.3, -0.25) is 0 Å². The van der Waals surface area contributed by atoms with E-state index in [-0.39, 0.29) is 51.4 Å². The van der Waals surface area contributed by atoms with Gasteiger partial charge in [-0.2, -0.15) is 0 Å². The molecule has 0 aromatic rings. The molecule has 6 heteroatoms. The van der Waals surface area contributed by atoms with Crippen LogP contribution in [0.1, 0.15) is 25.7 Å². The maximum absolute atomic E-state index is 7.79. The van der Waals surface area contributed by atoms with Gasteiger partial charge in [0.05, 0.1) is 0 Å². The average molecular weight is 251 g/mol. The summed E-state index contributed by atoms with van der Waals surface area (Å²) >= 11 is 0. The number of hydrogen-bond donors (Lipinski definition) is 0. The molecule has 1 nitrogen and oxygen atoms in total. The van der Waals surface area contributed by atoms with Crippen LogP contribution in [-0.2, 0) is 0 Å². The molecule has 0 atom stereocenters. The van der Waals surface area contributed by atoms with E-state index in [1.54, 1.807) is 0 Å². The fraction of sp³-hybridized carbons (Fsp3) is 1.00. The number of nitrogens with one attached hydrogen (secondary N) is 1. The molecule has 0 saturated carbocycles. The van der Waals surface area contributed by atoms with E-state index in [2.05, 4.69) is 19.5 Å². The van der Waals surface area contributed by atoms with Crippen molar-refractivity contribution in [1.82, 2.24) is 0 Å². The minimum absolute atomic E-state index is 0. The van der Waals surface area contributed by atoms with E-state index >= 15 is 0 Å². The number of hydrogen-bond acceptors (Lipinski definition) is 0. The molecule has 1 aliphatic heterocycles. The van der Waals surface area contributed by atoms with Gasteiger partial charge < -0.3 is 5.40 Å². The van der Waals surface area contributed by atoms with Gasteiger partial charge in [-0.25, -0.2) is 0 Å². The Labute approximate surface area is 127 Å². The predicted octanol–water partition coefficient (Wildman–Crippen LogP) is -1.53. The summed E-state index contributed by atoms with van der Waals surface area (Å²) in [4.78, 5) is 0. The fourth-order valence-corrected chi connectivity index (χ4v) is 9.91. The standard InChI is InChI=1S/C6H13NSi4.K/c7-10(8)11(9)5-3-1-2-4-6-11;/h7H,1-6H2;/q-1;+1. The molecule has 0 spiro atoms. The van der Waals surface area contributed by atoms with Crippen molar-refractivity contribution in [3.05, 3.63) is 5.40 Å². The van der Waals surface area contributed by atoms with Crippen LogP contribution in [0.3, 0.4) is 0 Å². The molecule has 59 valence electrons. The van der Waals surface area contributed by atoms with Crippen molar-refractivity contribution in [2.45, 2.75) is 37.8 Å². The van der Waals surface area contributed by atoms with Gasteiger partial charge in [0.15, 0.2) is 0 Å². The van der Waals surface area contributed by atoms with Crippen LogP contribution in [-0.4, -0.2) is 34.6 Å².